The van der Waals surface area contributed by atoms with Crippen LogP contribution in [0, 0.1) is 0 Å². The summed E-state index contributed by atoms with van der Waals surface area (Å²) in [4.78, 5) is 2.44. The van der Waals surface area contributed by atoms with Gasteiger partial charge >= 0.3 is 0 Å². The maximum absolute atomic E-state index is 2.45. The molecule has 8 rings (SSSR count). The fourth-order valence-electron chi connectivity index (χ4n) is 7.38. The average Bonchev–Trinajstić information content (AvgIpc) is 3.47. The zero-order valence-electron chi connectivity index (χ0n) is 23.8. The van der Waals surface area contributed by atoms with Gasteiger partial charge in [-0.2, -0.15) is 0 Å². The van der Waals surface area contributed by atoms with E-state index in [0.29, 0.717) is 0 Å². The molecule has 0 N–H and O–H groups in total. The number of anilines is 3. The summed E-state index contributed by atoms with van der Waals surface area (Å²) >= 11 is 0. The molecule has 0 saturated heterocycles. The summed E-state index contributed by atoms with van der Waals surface area (Å²) in [6.45, 7) is 4.75. The Morgan fingerprint density at radius 2 is 1.39 bits per heavy atom. The van der Waals surface area contributed by atoms with Crippen molar-refractivity contribution in [2.75, 3.05) is 4.90 Å². The van der Waals surface area contributed by atoms with Gasteiger partial charge in [0.2, 0.25) is 0 Å². The molecule has 2 heteroatoms. The molecule has 41 heavy (non-hydrogen) atoms. The van der Waals surface area contributed by atoms with Crippen LogP contribution < -0.4 is 4.90 Å². The standard InChI is InChI=1S/C39H34N2/c1-39(2)35-19-11-9-17-31(35)33-25-29(21-23-36(33)39)40(27-13-5-3-6-14-27)30-22-24-38-34(26-30)32-18-10-12-20-37(32)41(38)28-15-7-4-8-16-28/h3-8,11-16,19-26H,9-10,17-18H2,1-2H3. The van der Waals surface area contributed by atoms with Gasteiger partial charge in [0.05, 0.1) is 5.52 Å². The molecule has 5 aromatic rings. The molecule has 1 aromatic heterocycles. The third-order valence-electron chi connectivity index (χ3n) is 9.32. The maximum atomic E-state index is 2.45. The van der Waals surface area contributed by atoms with Crippen LogP contribution in [-0.2, 0) is 11.8 Å². The lowest BCUT2D eigenvalue weighted by Crippen LogP contribution is -2.17. The minimum Gasteiger partial charge on any atom is -0.310 e. The predicted octanol–water partition coefficient (Wildman–Crippen LogP) is 10.5. The Balaban J connectivity index is 1.33. The molecule has 0 radical (unpaired) electrons. The SMILES string of the molecule is CC1(C)C2=C(CCC=C2)c2cc(N(c3ccccc3)c3ccc4c(c3)c3c(n4-c4ccccc4)C=CCC3)ccc21. The van der Waals surface area contributed by atoms with Crippen molar-refractivity contribution in [3.8, 4) is 5.69 Å². The number of benzene rings is 4. The lowest BCUT2D eigenvalue weighted by Gasteiger charge is -2.27. The highest BCUT2D eigenvalue weighted by Gasteiger charge is 2.37. The summed E-state index contributed by atoms with van der Waals surface area (Å²) in [6.07, 6.45) is 13.7. The van der Waals surface area contributed by atoms with Crippen LogP contribution in [0.5, 0.6) is 0 Å². The first kappa shape index (κ1) is 24.3. The fraction of sp³-hybridized carbons (Fsp3) is 0.179. The van der Waals surface area contributed by atoms with Crippen LogP contribution in [0.15, 0.2) is 121 Å². The minimum atomic E-state index is 0.0452. The lowest BCUT2D eigenvalue weighted by molar-refractivity contribution is 0.651. The van der Waals surface area contributed by atoms with Crippen LogP contribution in [0.2, 0.25) is 0 Å². The zero-order valence-corrected chi connectivity index (χ0v) is 23.8. The molecule has 4 aromatic carbocycles. The van der Waals surface area contributed by atoms with Crippen LogP contribution in [0.3, 0.4) is 0 Å². The van der Waals surface area contributed by atoms with Crippen molar-refractivity contribution in [1.29, 1.82) is 0 Å². The molecule has 0 fully saturated rings. The van der Waals surface area contributed by atoms with Crippen molar-refractivity contribution in [2.24, 2.45) is 0 Å². The quantitative estimate of drug-likeness (QED) is 0.224. The predicted molar refractivity (Wildman–Crippen MR) is 174 cm³/mol. The van der Waals surface area contributed by atoms with Gasteiger partial charge in [0.1, 0.15) is 0 Å². The van der Waals surface area contributed by atoms with Gasteiger partial charge in [-0.3, -0.25) is 0 Å². The van der Waals surface area contributed by atoms with E-state index in [0.717, 1.165) is 25.7 Å². The Hall–Kier alpha value is -4.56. The number of rotatable bonds is 4. The van der Waals surface area contributed by atoms with Gasteiger partial charge in [0, 0.05) is 39.2 Å². The summed E-state index contributed by atoms with van der Waals surface area (Å²) in [5, 5.41) is 1.34. The average molecular weight is 531 g/mol. The first-order valence-corrected chi connectivity index (χ1v) is 14.9. The van der Waals surface area contributed by atoms with Crippen LogP contribution >= 0.6 is 0 Å². The number of aromatic nitrogens is 1. The van der Waals surface area contributed by atoms with Crippen molar-refractivity contribution in [1.82, 2.24) is 4.57 Å². The number of para-hydroxylation sites is 2. The Morgan fingerprint density at radius 3 is 2.22 bits per heavy atom. The molecular formula is C39H34N2. The molecule has 0 saturated carbocycles. The number of hydrogen-bond acceptors (Lipinski definition) is 1. The fourth-order valence-corrected chi connectivity index (χ4v) is 7.38. The summed E-state index contributed by atoms with van der Waals surface area (Å²) < 4.78 is 2.43. The van der Waals surface area contributed by atoms with Gasteiger partial charge in [-0.05, 0) is 114 Å². The Bertz CT molecular complexity index is 1900. The van der Waals surface area contributed by atoms with Gasteiger partial charge in [-0.25, -0.2) is 0 Å². The van der Waals surface area contributed by atoms with Crippen molar-refractivity contribution >= 4 is 39.6 Å². The Morgan fingerprint density at radius 1 is 0.683 bits per heavy atom. The molecule has 0 bridgehead atoms. The highest BCUT2D eigenvalue weighted by Crippen LogP contribution is 2.51. The Kier molecular flexibility index (Phi) is 5.47. The van der Waals surface area contributed by atoms with Crippen molar-refractivity contribution in [3.63, 3.8) is 0 Å². The van der Waals surface area contributed by atoms with E-state index in [1.165, 1.54) is 67.2 Å². The normalized spacial score (nSPS) is 16.5. The van der Waals surface area contributed by atoms with Gasteiger partial charge in [-0.1, -0.05) is 74.5 Å². The van der Waals surface area contributed by atoms with Crippen LogP contribution in [-0.4, -0.2) is 4.57 Å². The molecule has 0 aliphatic heterocycles. The van der Waals surface area contributed by atoms with Crippen molar-refractivity contribution in [2.45, 2.75) is 44.9 Å². The van der Waals surface area contributed by atoms with E-state index in [2.05, 4.69) is 145 Å². The number of hydrogen-bond donors (Lipinski definition) is 0. The van der Waals surface area contributed by atoms with Crippen LogP contribution in [0.4, 0.5) is 17.1 Å². The maximum Gasteiger partial charge on any atom is 0.0539 e. The molecule has 0 spiro atoms. The van der Waals surface area contributed by atoms with Gasteiger partial charge < -0.3 is 9.47 Å². The Labute approximate surface area is 242 Å². The van der Waals surface area contributed by atoms with E-state index in [9.17, 15) is 0 Å². The van der Waals surface area contributed by atoms with E-state index < -0.39 is 0 Å². The van der Waals surface area contributed by atoms with E-state index in [1.807, 2.05) is 0 Å². The van der Waals surface area contributed by atoms with Crippen molar-refractivity contribution < 1.29 is 0 Å². The largest absolute Gasteiger partial charge is 0.310 e. The molecule has 0 unspecified atom stereocenters. The van der Waals surface area contributed by atoms with Crippen molar-refractivity contribution in [3.05, 3.63) is 143 Å². The molecule has 0 atom stereocenters. The van der Waals surface area contributed by atoms with Crippen LogP contribution in [0.1, 0.15) is 55.5 Å². The number of nitrogens with zero attached hydrogens (tertiary/aromatic N) is 2. The molecule has 0 amide bonds. The first-order chi connectivity index (χ1) is 20.1. The first-order valence-electron chi connectivity index (χ1n) is 14.9. The highest BCUT2D eigenvalue weighted by atomic mass is 15.1. The zero-order chi connectivity index (χ0) is 27.6. The molecule has 3 aliphatic rings. The number of fused-ring (bicyclic) bond motifs is 5. The summed E-state index contributed by atoms with van der Waals surface area (Å²) in [5.41, 5.74) is 14.8. The highest BCUT2D eigenvalue weighted by molar-refractivity contribution is 5.95. The molecule has 1 heterocycles. The summed E-state index contributed by atoms with van der Waals surface area (Å²) in [7, 11) is 0. The molecule has 2 nitrogen and oxygen atoms in total. The molecular weight excluding hydrogens is 496 g/mol. The van der Waals surface area contributed by atoms with Gasteiger partial charge in [0.25, 0.3) is 0 Å². The van der Waals surface area contributed by atoms with Crippen LogP contribution in [0.25, 0.3) is 28.2 Å². The van der Waals surface area contributed by atoms with E-state index in [-0.39, 0.29) is 5.41 Å². The second-order valence-corrected chi connectivity index (χ2v) is 12.0. The molecule has 200 valence electrons. The number of aryl methyl sites for hydroxylation is 1. The minimum absolute atomic E-state index is 0.0452. The monoisotopic (exact) mass is 530 g/mol. The smallest absolute Gasteiger partial charge is 0.0539 e. The third kappa shape index (κ3) is 3.70. The second kappa shape index (κ2) is 9.24. The molecule has 3 aliphatic carbocycles. The van der Waals surface area contributed by atoms with E-state index in [1.54, 1.807) is 0 Å². The second-order valence-electron chi connectivity index (χ2n) is 12.0. The summed E-state index contributed by atoms with van der Waals surface area (Å²) in [6, 6.07) is 35.8. The lowest BCUT2D eigenvalue weighted by atomic mass is 9.80. The number of allylic oxidation sites excluding steroid dienone is 5. The van der Waals surface area contributed by atoms with Gasteiger partial charge in [-0.15, -0.1) is 0 Å². The van der Waals surface area contributed by atoms with Gasteiger partial charge in [0.15, 0.2) is 0 Å². The van der Waals surface area contributed by atoms with E-state index in [4.69, 9.17) is 0 Å². The third-order valence-corrected chi connectivity index (χ3v) is 9.32. The topological polar surface area (TPSA) is 8.17 Å². The van der Waals surface area contributed by atoms with E-state index >= 15 is 0 Å². The summed E-state index contributed by atoms with van der Waals surface area (Å²) in [5.74, 6) is 0.